The zero-order valence-corrected chi connectivity index (χ0v) is 11.9. The van der Waals surface area contributed by atoms with Gasteiger partial charge < -0.3 is 4.90 Å². The maximum Gasteiger partial charge on any atom is 0.269 e. The van der Waals surface area contributed by atoms with E-state index >= 15 is 0 Å². The summed E-state index contributed by atoms with van der Waals surface area (Å²) in [6.07, 6.45) is 5.97. The van der Waals surface area contributed by atoms with Crippen molar-refractivity contribution in [3.05, 3.63) is 22.6 Å². The van der Waals surface area contributed by atoms with Gasteiger partial charge in [-0.25, -0.2) is 4.68 Å². The molecule has 1 saturated heterocycles. The van der Waals surface area contributed by atoms with Gasteiger partial charge in [-0.05, 0) is 31.6 Å². The SMILES string of the molecule is CC1CCN(c2cnn(CC(=O)C3CC3)c(=O)c2)CC1. The van der Waals surface area contributed by atoms with Crippen LogP contribution in [-0.4, -0.2) is 28.7 Å². The van der Waals surface area contributed by atoms with Gasteiger partial charge in [-0.15, -0.1) is 0 Å². The molecule has 0 amide bonds. The van der Waals surface area contributed by atoms with Gasteiger partial charge in [-0.2, -0.15) is 5.10 Å². The minimum absolute atomic E-state index is 0.126. The number of piperidine rings is 1. The van der Waals surface area contributed by atoms with E-state index in [4.69, 9.17) is 0 Å². The van der Waals surface area contributed by atoms with Crippen LogP contribution in [0, 0.1) is 11.8 Å². The van der Waals surface area contributed by atoms with Crippen LogP contribution in [0.3, 0.4) is 0 Å². The summed E-state index contributed by atoms with van der Waals surface area (Å²) >= 11 is 0. The molecule has 0 unspecified atom stereocenters. The average Bonchev–Trinajstić information content (AvgIpc) is 3.26. The highest BCUT2D eigenvalue weighted by atomic mass is 16.1. The largest absolute Gasteiger partial charge is 0.370 e. The number of carbonyl (C=O) groups is 1. The van der Waals surface area contributed by atoms with Crippen molar-refractivity contribution < 1.29 is 4.79 Å². The molecular weight excluding hydrogens is 254 g/mol. The quantitative estimate of drug-likeness (QED) is 0.834. The number of nitrogens with zero attached hydrogens (tertiary/aromatic N) is 3. The Hall–Kier alpha value is -1.65. The van der Waals surface area contributed by atoms with Crippen LogP contribution in [-0.2, 0) is 11.3 Å². The highest BCUT2D eigenvalue weighted by Crippen LogP contribution is 2.30. The Bertz CT molecular complexity index is 554. The Balaban J connectivity index is 1.70. The van der Waals surface area contributed by atoms with Crippen molar-refractivity contribution in [2.24, 2.45) is 11.8 Å². The van der Waals surface area contributed by atoms with Crippen LogP contribution >= 0.6 is 0 Å². The molecule has 0 aromatic carbocycles. The lowest BCUT2D eigenvalue weighted by molar-refractivity contribution is -0.121. The van der Waals surface area contributed by atoms with Gasteiger partial charge in [-0.3, -0.25) is 9.59 Å². The third kappa shape index (κ3) is 2.92. The van der Waals surface area contributed by atoms with E-state index in [1.54, 1.807) is 12.3 Å². The van der Waals surface area contributed by atoms with E-state index in [1.807, 2.05) is 0 Å². The van der Waals surface area contributed by atoms with Crippen molar-refractivity contribution in [1.82, 2.24) is 9.78 Å². The van der Waals surface area contributed by atoms with Gasteiger partial charge in [0.2, 0.25) is 0 Å². The Labute approximate surface area is 118 Å². The average molecular weight is 275 g/mol. The van der Waals surface area contributed by atoms with Crippen LogP contribution < -0.4 is 10.5 Å². The predicted octanol–water partition coefficient (Wildman–Crippen LogP) is 1.46. The zero-order valence-electron chi connectivity index (χ0n) is 11.9. The van der Waals surface area contributed by atoms with Crippen LogP contribution in [0.5, 0.6) is 0 Å². The standard InChI is InChI=1S/C15H21N3O2/c1-11-4-6-17(7-5-11)13-8-15(20)18(16-9-13)10-14(19)12-2-3-12/h8-9,11-12H,2-7,10H2,1H3. The fraction of sp³-hybridized carbons (Fsp3) is 0.667. The summed E-state index contributed by atoms with van der Waals surface area (Å²) in [5.74, 6) is 1.07. The summed E-state index contributed by atoms with van der Waals surface area (Å²) in [5, 5.41) is 4.16. The molecule has 2 aliphatic rings. The van der Waals surface area contributed by atoms with E-state index in [0.29, 0.717) is 0 Å². The van der Waals surface area contributed by atoms with Crippen molar-refractivity contribution in [3.63, 3.8) is 0 Å². The summed E-state index contributed by atoms with van der Waals surface area (Å²) in [4.78, 5) is 26.0. The van der Waals surface area contributed by atoms with Gasteiger partial charge in [0.25, 0.3) is 5.56 Å². The molecule has 1 aromatic rings. The third-order valence-electron chi connectivity index (χ3n) is 4.34. The van der Waals surface area contributed by atoms with E-state index in [2.05, 4.69) is 16.9 Å². The Morgan fingerprint density at radius 2 is 2.00 bits per heavy atom. The summed E-state index contributed by atoms with van der Waals surface area (Å²) in [5.41, 5.74) is 0.715. The van der Waals surface area contributed by atoms with Crippen LogP contribution in [0.1, 0.15) is 32.6 Å². The van der Waals surface area contributed by atoms with Crippen molar-refractivity contribution >= 4 is 11.5 Å². The Kier molecular flexibility index (Phi) is 3.59. The molecule has 1 aliphatic carbocycles. The van der Waals surface area contributed by atoms with E-state index < -0.39 is 0 Å². The van der Waals surface area contributed by atoms with Gasteiger partial charge in [0.05, 0.1) is 11.9 Å². The van der Waals surface area contributed by atoms with Crippen molar-refractivity contribution in [1.29, 1.82) is 0 Å². The summed E-state index contributed by atoms with van der Waals surface area (Å²) in [7, 11) is 0. The van der Waals surface area contributed by atoms with E-state index in [-0.39, 0.29) is 23.8 Å². The van der Waals surface area contributed by atoms with Gasteiger partial charge in [0, 0.05) is 25.1 Å². The molecule has 0 bridgehead atoms. The molecule has 1 aliphatic heterocycles. The topological polar surface area (TPSA) is 55.2 Å². The van der Waals surface area contributed by atoms with E-state index in [1.165, 1.54) is 4.68 Å². The minimum Gasteiger partial charge on any atom is -0.370 e. The van der Waals surface area contributed by atoms with Crippen molar-refractivity contribution in [2.45, 2.75) is 39.2 Å². The molecule has 20 heavy (non-hydrogen) atoms. The van der Waals surface area contributed by atoms with Gasteiger partial charge >= 0.3 is 0 Å². The Morgan fingerprint density at radius 3 is 2.60 bits per heavy atom. The smallest absolute Gasteiger partial charge is 0.269 e. The van der Waals surface area contributed by atoms with Crippen LogP contribution in [0.15, 0.2) is 17.1 Å². The molecular formula is C15H21N3O2. The number of ketones is 1. The number of carbonyl (C=O) groups excluding carboxylic acids is 1. The van der Waals surface area contributed by atoms with Gasteiger partial charge in [0.15, 0.2) is 5.78 Å². The monoisotopic (exact) mass is 275 g/mol. The molecule has 5 heteroatoms. The Morgan fingerprint density at radius 1 is 1.30 bits per heavy atom. The predicted molar refractivity (Wildman–Crippen MR) is 76.8 cm³/mol. The number of rotatable bonds is 4. The van der Waals surface area contributed by atoms with Crippen LogP contribution in [0.2, 0.25) is 0 Å². The zero-order chi connectivity index (χ0) is 14.1. The van der Waals surface area contributed by atoms with Crippen molar-refractivity contribution in [3.8, 4) is 0 Å². The second-order valence-electron chi connectivity index (χ2n) is 6.12. The second-order valence-corrected chi connectivity index (χ2v) is 6.12. The lowest BCUT2D eigenvalue weighted by Gasteiger charge is -2.31. The number of hydrogen-bond acceptors (Lipinski definition) is 4. The molecule has 2 heterocycles. The third-order valence-corrected chi connectivity index (χ3v) is 4.34. The molecule has 0 radical (unpaired) electrons. The molecule has 1 aromatic heterocycles. The lowest BCUT2D eigenvalue weighted by atomic mass is 9.99. The first kappa shape index (κ1) is 13.3. The van der Waals surface area contributed by atoms with Crippen LogP contribution in [0.4, 0.5) is 5.69 Å². The maximum atomic E-state index is 12.0. The van der Waals surface area contributed by atoms with Crippen molar-refractivity contribution in [2.75, 3.05) is 18.0 Å². The minimum atomic E-state index is -0.171. The molecule has 1 saturated carbocycles. The molecule has 0 spiro atoms. The van der Waals surface area contributed by atoms with Crippen LogP contribution in [0.25, 0.3) is 0 Å². The normalized spacial score (nSPS) is 20.1. The number of Topliss-reactive ketones (excluding diaryl/α,β-unsaturated/α-hetero) is 1. The highest BCUT2D eigenvalue weighted by Gasteiger charge is 2.29. The first-order chi connectivity index (χ1) is 9.63. The highest BCUT2D eigenvalue weighted by molar-refractivity contribution is 5.82. The summed E-state index contributed by atoms with van der Waals surface area (Å²) < 4.78 is 1.29. The first-order valence-corrected chi connectivity index (χ1v) is 7.48. The lowest BCUT2D eigenvalue weighted by Crippen LogP contribution is -2.35. The number of anilines is 1. The summed E-state index contributed by atoms with van der Waals surface area (Å²) in [6.45, 7) is 4.35. The fourth-order valence-electron chi connectivity index (χ4n) is 2.66. The molecule has 3 rings (SSSR count). The van der Waals surface area contributed by atoms with E-state index in [9.17, 15) is 9.59 Å². The number of aromatic nitrogens is 2. The fourth-order valence-corrected chi connectivity index (χ4v) is 2.66. The molecule has 108 valence electrons. The number of hydrogen-bond donors (Lipinski definition) is 0. The molecule has 2 fully saturated rings. The maximum absolute atomic E-state index is 12.0. The summed E-state index contributed by atoms with van der Waals surface area (Å²) in [6, 6.07) is 1.61. The van der Waals surface area contributed by atoms with Gasteiger partial charge in [-0.1, -0.05) is 6.92 Å². The van der Waals surface area contributed by atoms with E-state index in [0.717, 1.165) is 50.4 Å². The molecule has 0 N–H and O–H groups in total. The van der Waals surface area contributed by atoms with Gasteiger partial charge in [0.1, 0.15) is 6.54 Å². The second kappa shape index (κ2) is 5.38. The molecule has 5 nitrogen and oxygen atoms in total. The first-order valence-electron chi connectivity index (χ1n) is 7.48. The molecule has 0 atom stereocenters.